The third kappa shape index (κ3) is 5.36. The van der Waals surface area contributed by atoms with E-state index in [0.717, 1.165) is 22.1 Å². The SMILES string of the molecule is Cc1cc(C)cc(-n2ccnc2SCC(=O)Nc2ccc(Cn3ccccc3=O)cc2)c1. The van der Waals surface area contributed by atoms with Crippen molar-refractivity contribution < 1.29 is 4.79 Å². The molecule has 0 unspecified atom stereocenters. The van der Waals surface area contributed by atoms with Crippen molar-refractivity contribution in [3.8, 4) is 5.69 Å². The lowest BCUT2D eigenvalue weighted by molar-refractivity contribution is -0.113. The second kappa shape index (κ2) is 9.70. The Labute approximate surface area is 190 Å². The summed E-state index contributed by atoms with van der Waals surface area (Å²) >= 11 is 1.40. The summed E-state index contributed by atoms with van der Waals surface area (Å²) in [6, 6.07) is 19.0. The zero-order chi connectivity index (χ0) is 22.5. The number of pyridine rings is 1. The summed E-state index contributed by atoms with van der Waals surface area (Å²) in [5.74, 6) is 0.153. The molecule has 2 aromatic carbocycles. The standard InChI is InChI=1S/C25H24N4O2S/c1-18-13-19(2)15-22(14-18)29-12-10-26-25(29)32-17-23(30)27-21-8-6-20(7-9-21)16-28-11-4-3-5-24(28)31/h3-15H,16-17H2,1-2H3,(H,27,30). The first-order valence-corrected chi connectivity index (χ1v) is 11.3. The topological polar surface area (TPSA) is 68.9 Å². The zero-order valence-corrected chi connectivity index (χ0v) is 18.8. The number of carbonyl (C=O) groups is 1. The van der Waals surface area contributed by atoms with Crippen molar-refractivity contribution in [2.24, 2.45) is 0 Å². The van der Waals surface area contributed by atoms with Crippen LogP contribution >= 0.6 is 11.8 Å². The first kappa shape index (κ1) is 21.6. The number of amides is 1. The summed E-state index contributed by atoms with van der Waals surface area (Å²) in [6.07, 6.45) is 5.41. The van der Waals surface area contributed by atoms with Crippen molar-refractivity contribution in [3.05, 3.63) is 106 Å². The Morgan fingerprint density at radius 3 is 2.47 bits per heavy atom. The lowest BCUT2D eigenvalue weighted by atomic mass is 10.1. The highest BCUT2D eigenvalue weighted by Crippen LogP contribution is 2.22. The fourth-order valence-corrected chi connectivity index (χ4v) is 4.26. The van der Waals surface area contributed by atoms with Crippen LogP contribution in [0.15, 0.2) is 89.2 Å². The highest BCUT2D eigenvalue weighted by molar-refractivity contribution is 7.99. The number of nitrogens with zero attached hydrogens (tertiary/aromatic N) is 3. The van der Waals surface area contributed by atoms with E-state index in [9.17, 15) is 9.59 Å². The van der Waals surface area contributed by atoms with E-state index in [1.807, 2.05) is 41.1 Å². The molecule has 2 heterocycles. The Hall–Kier alpha value is -3.58. The summed E-state index contributed by atoms with van der Waals surface area (Å²) in [4.78, 5) is 28.7. The number of aryl methyl sites for hydroxylation is 2. The minimum absolute atomic E-state index is 0.0407. The van der Waals surface area contributed by atoms with Gasteiger partial charge in [-0.2, -0.15) is 0 Å². The molecular formula is C25H24N4O2S. The Morgan fingerprint density at radius 2 is 1.75 bits per heavy atom. The molecule has 32 heavy (non-hydrogen) atoms. The molecule has 6 nitrogen and oxygen atoms in total. The number of thioether (sulfide) groups is 1. The molecule has 0 radical (unpaired) electrons. The monoisotopic (exact) mass is 444 g/mol. The molecule has 1 N–H and O–H groups in total. The molecule has 1 amide bonds. The van der Waals surface area contributed by atoms with Crippen LogP contribution in [-0.4, -0.2) is 25.8 Å². The molecule has 0 bridgehead atoms. The highest BCUT2D eigenvalue weighted by Gasteiger charge is 2.10. The highest BCUT2D eigenvalue weighted by atomic mass is 32.2. The van der Waals surface area contributed by atoms with Crippen LogP contribution in [0.5, 0.6) is 0 Å². The average molecular weight is 445 g/mol. The number of benzene rings is 2. The predicted octanol–water partition coefficient (Wildman–Crippen LogP) is 4.43. The van der Waals surface area contributed by atoms with Crippen LogP contribution < -0.4 is 10.9 Å². The molecule has 0 aliphatic rings. The van der Waals surface area contributed by atoms with Crippen LogP contribution in [0.1, 0.15) is 16.7 Å². The molecule has 0 aliphatic carbocycles. The molecule has 7 heteroatoms. The molecule has 0 saturated carbocycles. The van der Waals surface area contributed by atoms with Crippen molar-refractivity contribution >= 4 is 23.4 Å². The first-order valence-electron chi connectivity index (χ1n) is 10.3. The van der Waals surface area contributed by atoms with Gasteiger partial charge in [0.2, 0.25) is 5.91 Å². The quantitative estimate of drug-likeness (QED) is 0.428. The Balaban J connectivity index is 1.35. The summed E-state index contributed by atoms with van der Waals surface area (Å²) in [5.41, 5.74) is 5.07. The minimum atomic E-state index is -0.1000. The molecule has 0 fully saturated rings. The second-order valence-corrected chi connectivity index (χ2v) is 8.57. The van der Waals surface area contributed by atoms with E-state index in [4.69, 9.17) is 0 Å². The largest absolute Gasteiger partial charge is 0.325 e. The summed E-state index contributed by atoms with van der Waals surface area (Å²) in [6.45, 7) is 4.62. The first-order chi connectivity index (χ1) is 15.5. The molecule has 4 aromatic rings. The van der Waals surface area contributed by atoms with Crippen molar-refractivity contribution in [2.45, 2.75) is 25.5 Å². The Kier molecular flexibility index (Phi) is 6.56. The molecule has 2 aromatic heterocycles. The van der Waals surface area contributed by atoms with E-state index in [1.165, 1.54) is 29.0 Å². The number of imidazole rings is 1. The van der Waals surface area contributed by atoms with Crippen LogP contribution in [0.25, 0.3) is 5.69 Å². The summed E-state index contributed by atoms with van der Waals surface area (Å²) in [5, 5.41) is 3.69. The van der Waals surface area contributed by atoms with E-state index in [2.05, 4.69) is 42.3 Å². The fourth-order valence-electron chi connectivity index (χ4n) is 3.49. The van der Waals surface area contributed by atoms with Gasteiger partial charge in [-0.05, 0) is 60.9 Å². The van der Waals surface area contributed by atoms with Gasteiger partial charge >= 0.3 is 0 Å². The molecule has 0 spiro atoms. The van der Waals surface area contributed by atoms with Crippen LogP contribution in [0.3, 0.4) is 0 Å². The van der Waals surface area contributed by atoms with Gasteiger partial charge in [0.05, 0.1) is 12.3 Å². The molecular weight excluding hydrogens is 420 g/mol. The normalized spacial score (nSPS) is 10.8. The summed E-state index contributed by atoms with van der Waals surface area (Å²) in [7, 11) is 0. The van der Waals surface area contributed by atoms with Crippen molar-refractivity contribution in [1.29, 1.82) is 0 Å². The number of hydrogen-bond acceptors (Lipinski definition) is 4. The van der Waals surface area contributed by atoms with Gasteiger partial charge in [-0.1, -0.05) is 36.0 Å². The van der Waals surface area contributed by atoms with Gasteiger partial charge in [0.25, 0.3) is 5.56 Å². The minimum Gasteiger partial charge on any atom is -0.325 e. The number of rotatable bonds is 7. The van der Waals surface area contributed by atoms with Gasteiger partial charge < -0.3 is 9.88 Å². The van der Waals surface area contributed by atoms with Gasteiger partial charge in [0.1, 0.15) is 0 Å². The lowest BCUT2D eigenvalue weighted by Crippen LogP contribution is -2.18. The predicted molar refractivity (Wildman–Crippen MR) is 129 cm³/mol. The van der Waals surface area contributed by atoms with Gasteiger partial charge in [0.15, 0.2) is 5.16 Å². The fraction of sp³-hybridized carbons (Fsp3) is 0.160. The average Bonchev–Trinajstić information content (AvgIpc) is 3.23. The number of nitrogens with one attached hydrogen (secondary N) is 1. The maximum atomic E-state index is 12.5. The smallest absolute Gasteiger partial charge is 0.250 e. The summed E-state index contributed by atoms with van der Waals surface area (Å²) < 4.78 is 3.64. The molecule has 0 aliphatic heterocycles. The number of anilines is 1. The van der Waals surface area contributed by atoms with Crippen LogP contribution in [0.4, 0.5) is 5.69 Å². The van der Waals surface area contributed by atoms with Gasteiger partial charge in [-0.3, -0.25) is 14.2 Å². The van der Waals surface area contributed by atoms with E-state index in [1.54, 1.807) is 23.0 Å². The maximum Gasteiger partial charge on any atom is 0.250 e. The molecule has 0 atom stereocenters. The van der Waals surface area contributed by atoms with Crippen molar-refractivity contribution in [2.75, 3.05) is 11.1 Å². The lowest BCUT2D eigenvalue weighted by Gasteiger charge is -2.10. The van der Waals surface area contributed by atoms with E-state index in [-0.39, 0.29) is 17.2 Å². The molecule has 0 saturated heterocycles. The van der Waals surface area contributed by atoms with Crippen molar-refractivity contribution in [3.63, 3.8) is 0 Å². The number of hydrogen-bond donors (Lipinski definition) is 1. The molecule has 162 valence electrons. The number of carbonyl (C=O) groups excluding carboxylic acids is 1. The van der Waals surface area contributed by atoms with Crippen LogP contribution in [0.2, 0.25) is 0 Å². The van der Waals surface area contributed by atoms with Crippen LogP contribution in [-0.2, 0) is 11.3 Å². The molecule has 4 rings (SSSR count). The van der Waals surface area contributed by atoms with E-state index >= 15 is 0 Å². The number of aromatic nitrogens is 3. The van der Waals surface area contributed by atoms with E-state index < -0.39 is 0 Å². The van der Waals surface area contributed by atoms with Crippen LogP contribution in [0, 0.1) is 13.8 Å². The Morgan fingerprint density at radius 1 is 1.00 bits per heavy atom. The second-order valence-electron chi connectivity index (χ2n) is 7.63. The van der Waals surface area contributed by atoms with Gasteiger partial charge in [-0.15, -0.1) is 0 Å². The zero-order valence-electron chi connectivity index (χ0n) is 18.0. The Bertz CT molecular complexity index is 1270. The third-order valence-electron chi connectivity index (χ3n) is 4.91. The van der Waals surface area contributed by atoms with E-state index in [0.29, 0.717) is 6.54 Å². The van der Waals surface area contributed by atoms with Gasteiger partial charge in [-0.25, -0.2) is 4.98 Å². The van der Waals surface area contributed by atoms with Gasteiger partial charge in [0, 0.05) is 36.0 Å². The third-order valence-corrected chi connectivity index (χ3v) is 5.88. The van der Waals surface area contributed by atoms with Crippen molar-refractivity contribution in [1.82, 2.24) is 14.1 Å². The maximum absolute atomic E-state index is 12.5.